The molecule has 0 saturated carbocycles. The number of nitrogens with one attached hydrogen (secondary N) is 2. The van der Waals surface area contributed by atoms with Crippen LogP contribution in [0.1, 0.15) is 40.2 Å². The lowest BCUT2D eigenvalue weighted by Gasteiger charge is -2.35. The highest BCUT2D eigenvalue weighted by atomic mass is 32.2. The van der Waals surface area contributed by atoms with Gasteiger partial charge < -0.3 is 16.4 Å². The lowest BCUT2D eigenvalue weighted by atomic mass is 9.83. The van der Waals surface area contributed by atoms with Gasteiger partial charge in [-0.25, -0.2) is 21.6 Å². The second kappa shape index (κ2) is 14.2. The van der Waals surface area contributed by atoms with Gasteiger partial charge in [0.05, 0.1) is 10.9 Å². The molecule has 0 spiro atoms. The van der Waals surface area contributed by atoms with Gasteiger partial charge in [-0.1, -0.05) is 36.4 Å². The lowest BCUT2D eigenvalue weighted by Crippen LogP contribution is -2.53. The first-order valence-corrected chi connectivity index (χ1v) is 16.5. The van der Waals surface area contributed by atoms with Gasteiger partial charge in [-0.15, -0.1) is 0 Å². The van der Waals surface area contributed by atoms with E-state index in [2.05, 4.69) is 10.6 Å². The highest BCUT2D eigenvalue weighted by Gasteiger charge is 2.34. The van der Waals surface area contributed by atoms with Crippen molar-refractivity contribution in [3.8, 4) is 0 Å². The number of nitrogens with zero attached hydrogens (tertiary/aromatic N) is 1. The molecular formula is C35H37F3N4O3S. The first-order valence-electron chi connectivity index (χ1n) is 15.1. The minimum absolute atomic E-state index is 0.125. The molecule has 4 aromatic carbocycles. The molecule has 1 saturated heterocycles. The molecule has 1 amide bonds. The number of benzene rings is 4. The van der Waals surface area contributed by atoms with E-state index in [1.54, 1.807) is 62.4 Å². The van der Waals surface area contributed by atoms with E-state index in [4.69, 9.17) is 5.73 Å². The summed E-state index contributed by atoms with van der Waals surface area (Å²) < 4.78 is 72.7. The van der Waals surface area contributed by atoms with Gasteiger partial charge in [-0.3, -0.25) is 4.79 Å². The molecule has 5 rings (SSSR count). The molecule has 0 radical (unpaired) electrons. The van der Waals surface area contributed by atoms with Gasteiger partial charge in [-0.2, -0.15) is 4.31 Å². The van der Waals surface area contributed by atoms with Crippen molar-refractivity contribution in [2.45, 2.75) is 49.6 Å². The molecule has 1 unspecified atom stereocenters. The van der Waals surface area contributed by atoms with E-state index in [-0.39, 0.29) is 35.5 Å². The third-order valence-electron chi connectivity index (χ3n) is 8.26. The van der Waals surface area contributed by atoms with E-state index < -0.39 is 51.4 Å². The van der Waals surface area contributed by atoms with Crippen LogP contribution in [-0.2, 0) is 21.2 Å². The number of hydrogen-bond donors (Lipinski definition) is 3. The largest absolute Gasteiger partial charge is 0.324 e. The molecule has 46 heavy (non-hydrogen) atoms. The predicted molar refractivity (Wildman–Crippen MR) is 172 cm³/mol. The van der Waals surface area contributed by atoms with Crippen molar-refractivity contribution in [3.63, 3.8) is 0 Å². The van der Waals surface area contributed by atoms with Crippen molar-refractivity contribution in [1.29, 1.82) is 0 Å². The molecule has 4 N–H and O–H groups in total. The molecule has 2 atom stereocenters. The van der Waals surface area contributed by atoms with E-state index in [0.717, 1.165) is 0 Å². The quantitative estimate of drug-likeness (QED) is 0.213. The van der Waals surface area contributed by atoms with E-state index in [0.29, 0.717) is 35.3 Å². The smallest absolute Gasteiger partial charge is 0.243 e. The number of sulfonamides is 1. The number of piperazine rings is 1. The Hall–Kier alpha value is -4.03. The Bertz CT molecular complexity index is 1730. The van der Waals surface area contributed by atoms with E-state index in [1.807, 2.05) is 0 Å². The molecule has 1 aliphatic heterocycles. The Morgan fingerprint density at radius 2 is 1.57 bits per heavy atom. The zero-order chi connectivity index (χ0) is 33.0. The third-order valence-corrected chi connectivity index (χ3v) is 10.2. The first-order chi connectivity index (χ1) is 21.9. The van der Waals surface area contributed by atoms with E-state index >= 15 is 4.39 Å². The minimum Gasteiger partial charge on any atom is -0.324 e. The molecule has 0 bridgehead atoms. The van der Waals surface area contributed by atoms with Crippen molar-refractivity contribution in [1.82, 2.24) is 9.62 Å². The molecule has 7 nitrogen and oxygen atoms in total. The fourth-order valence-corrected chi connectivity index (χ4v) is 7.81. The van der Waals surface area contributed by atoms with Crippen LogP contribution >= 0.6 is 0 Å². The van der Waals surface area contributed by atoms with Gasteiger partial charge in [0, 0.05) is 42.8 Å². The van der Waals surface area contributed by atoms with Crippen molar-refractivity contribution in [2.24, 2.45) is 5.73 Å². The van der Waals surface area contributed by atoms with Crippen molar-refractivity contribution < 1.29 is 26.4 Å². The summed E-state index contributed by atoms with van der Waals surface area (Å²) in [5.74, 6) is -3.19. The standard InChI is InChI=1S/C35H37F3N4O3S/c1-22-15-24(19-26(36)17-22)33(25-16-23(2)18-27(37)20-25)34(39)35(43)41-32-10-6-9-31(38)30(32)12-11-28-21-40-13-14-42(28)46(44,45)29-7-4-3-5-8-29/h3-10,15-20,28,33-34,40H,11-14,21,39H2,1-2H3,(H,41,43)/t28?,34-/m0/s1. The molecule has 4 aromatic rings. The van der Waals surface area contributed by atoms with Gasteiger partial charge in [0.1, 0.15) is 17.5 Å². The maximum absolute atomic E-state index is 15.3. The van der Waals surface area contributed by atoms with Crippen LogP contribution < -0.4 is 16.4 Å². The second-order valence-electron chi connectivity index (χ2n) is 11.7. The number of rotatable bonds is 10. The third kappa shape index (κ3) is 7.50. The van der Waals surface area contributed by atoms with Crippen LogP contribution in [0.4, 0.5) is 18.9 Å². The summed E-state index contributed by atoms with van der Waals surface area (Å²) in [6.45, 7) is 4.55. The normalized spacial score (nSPS) is 16.4. The summed E-state index contributed by atoms with van der Waals surface area (Å²) in [7, 11) is -3.78. The number of amides is 1. The van der Waals surface area contributed by atoms with Gasteiger partial charge in [0.25, 0.3) is 0 Å². The minimum atomic E-state index is -3.78. The molecule has 1 heterocycles. The molecule has 1 aliphatic rings. The molecule has 0 aromatic heterocycles. The number of carbonyl (C=O) groups excluding carboxylic acids is 1. The zero-order valence-corrected chi connectivity index (χ0v) is 26.5. The van der Waals surface area contributed by atoms with Crippen LogP contribution in [0.3, 0.4) is 0 Å². The molecule has 242 valence electrons. The molecule has 0 aliphatic carbocycles. The second-order valence-corrected chi connectivity index (χ2v) is 13.6. The number of aryl methyl sites for hydroxylation is 2. The first kappa shape index (κ1) is 33.3. The average molecular weight is 651 g/mol. The number of carbonyl (C=O) groups is 1. The molecular weight excluding hydrogens is 613 g/mol. The monoisotopic (exact) mass is 650 g/mol. The fraction of sp³-hybridized carbons (Fsp3) is 0.286. The summed E-state index contributed by atoms with van der Waals surface area (Å²) in [5.41, 5.74) is 8.93. The number of halogens is 3. The van der Waals surface area contributed by atoms with Gasteiger partial charge in [-0.05, 0) is 97.5 Å². The number of hydrogen-bond acceptors (Lipinski definition) is 5. The van der Waals surface area contributed by atoms with Gasteiger partial charge >= 0.3 is 0 Å². The SMILES string of the molecule is Cc1cc(F)cc(C(c2cc(C)cc(F)c2)[C@H](N)C(=O)Nc2cccc(F)c2CCC2CNCCN2S(=O)(=O)c2ccccc2)c1. The maximum Gasteiger partial charge on any atom is 0.243 e. The molecule has 1 fully saturated rings. The summed E-state index contributed by atoms with van der Waals surface area (Å²) in [5, 5.41) is 5.97. The topological polar surface area (TPSA) is 105 Å². The Morgan fingerprint density at radius 3 is 2.17 bits per heavy atom. The van der Waals surface area contributed by atoms with Crippen molar-refractivity contribution >= 4 is 21.6 Å². The van der Waals surface area contributed by atoms with Crippen LogP contribution in [0.2, 0.25) is 0 Å². The van der Waals surface area contributed by atoms with E-state index in [9.17, 15) is 22.0 Å². The average Bonchev–Trinajstić information content (AvgIpc) is 3.00. The zero-order valence-electron chi connectivity index (χ0n) is 25.6. The van der Waals surface area contributed by atoms with Crippen LogP contribution in [0, 0.1) is 31.3 Å². The van der Waals surface area contributed by atoms with Gasteiger partial charge in [0.15, 0.2) is 0 Å². The maximum atomic E-state index is 15.3. The predicted octanol–water partition coefficient (Wildman–Crippen LogP) is 5.41. The van der Waals surface area contributed by atoms with E-state index in [1.165, 1.54) is 40.7 Å². The van der Waals surface area contributed by atoms with Crippen LogP contribution in [0.15, 0.2) is 89.8 Å². The fourth-order valence-electron chi connectivity index (χ4n) is 6.14. The highest BCUT2D eigenvalue weighted by Crippen LogP contribution is 2.32. The Labute approximate surface area is 267 Å². The summed E-state index contributed by atoms with van der Waals surface area (Å²) >= 11 is 0. The summed E-state index contributed by atoms with van der Waals surface area (Å²) in [6, 6.07) is 19.3. The van der Waals surface area contributed by atoms with Gasteiger partial charge in [0.2, 0.25) is 15.9 Å². The van der Waals surface area contributed by atoms with Crippen LogP contribution in [0.5, 0.6) is 0 Å². The Balaban J connectivity index is 1.40. The van der Waals surface area contributed by atoms with Crippen LogP contribution in [-0.4, -0.2) is 50.3 Å². The summed E-state index contributed by atoms with van der Waals surface area (Å²) in [4.78, 5) is 13.9. The number of nitrogens with two attached hydrogens (primary N) is 1. The summed E-state index contributed by atoms with van der Waals surface area (Å²) in [6.07, 6.45) is 0.406. The van der Waals surface area contributed by atoms with Crippen molar-refractivity contribution in [2.75, 3.05) is 25.0 Å². The Kier molecular flexibility index (Phi) is 10.3. The van der Waals surface area contributed by atoms with Crippen molar-refractivity contribution in [3.05, 3.63) is 130 Å². The highest BCUT2D eigenvalue weighted by molar-refractivity contribution is 7.89. The lowest BCUT2D eigenvalue weighted by molar-refractivity contribution is -0.117. The van der Waals surface area contributed by atoms with Crippen LogP contribution in [0.25, 0.3) is 0 Å². The Morgan fingerprint density at radius 1 is 0.935 bits per heavy atom. The number of anilines is 1. The molecule has 11 heteroatoms.